The predicted molar refractivity (Wildman–Crippen MR) is 116 cm³/mol. The summed E-state index contributed by atoms with van der Waals surface area (Å²) in [5.41, 5.74) is 1.19. The van der Waals surface area contributed by atoms with Crippen LogP contribution < -0.4 is 15.0 Å². The highest BCUT2D eigenvalue weighted by atomic mass is 32.1. The van der Waals surface area contributed by atoms with Crippen LogP contribution in [-0.2, 0) is 16.0 Å². The Bertz CT molecular complexity index is 1060. The monoisotopic (exact) mass is 426 g/mol. The maximum Gasteiger partial charge on any atom is 0.270 e. The van der Waals surface area contributed by atoms with Gasteiger partial charge in [-0.15, -0.1) is 6.58 Å². The zero-order chi connectivity index (χ0) is 21.8. The van der Waals surface area contributed by atoms with Crippen molar-refractivity contribution in [1.82, 2.24) is 5.32 Å². The molecule has 2 amide bonds. The summed E-state index contributed by atoms with van der Waals surface area (Å²) in [5.74, 6) is -1.55. The maximum atomic E-state index is 13.3. The number of carbonyl (C=O) groups excluding carboxylic acids is 2. The summed E-state index contributed by atoms with van der Waals surface area (Å²) in [7, 11) is 0. The van der Waals surface area contributed by atoms with E-state index in [4.69, 9.17) is 17.0 Å². The second-order valence-corrected chi connectivity index (χ2v) is 6.77. The molecule has 0 bridgehead atoms. The molecular formula is C22H19FN2O4S. The van der Waals surface area contributed by atoms with Crippen molar-refractivity contribution in [3.63, 3.8) is 0 Å². The third kappa shape index (κ3) is 4.23. The fourth-order valence-electron chi connectivity index (χ4n) is 3.00. The van der Waals surface area contributed by atoms with E-state index in [0.717, 1.165) is 4.90 Å². The van der Waals surface area contributed by atoms with Gasteiger partial charge < -0.3 is 9.84 Å². The van der Waals surface area contributed by atoms with Crippen molar-refractivity contribution < 1.29 is 23.8 Å². The van der Waals surface area contributed by atoms with Gasteiger partial charge in [0, 0.05) is 5.56 Å². The highest BCUT2D eigenvalue weighted by molar-refractivity contribution is 7.80. The number of phenols is 1. The summed E-state index contributed by atoms with van der Waals surface area (Å²) < 4.78 is 18.7. The topological polar surface area (TPSA) is 78.9 Å². The van der Waals surface area contributed by atoms with Gasteiger partial charge in [-0.05, 0) is 73.6 Å². The van der Waals surface area contributed by atoms with E-state index >= 15 is 0 Å². The van der Waals surface area contributed by atoms with E-state index in [-0.39, 0.29) is 22.2 Å². The minimum atomic E-state index is -0.653. The van der Waals surface area contributed by atoms with Crippen LogP contribution in [0.15, 0.2) is 54.6 Å². The number of carbonyl (C=O) groups is 2. The Kier molecular flexibility index (Phi) is 6.27. The Hall–Kier alpha value is -3.52. The number of thiocarbonyl (C=S) groups is 1. The maximum absolute atomic E-state index is 13.3. The Morgan fingerprint density at radius 1 is 1.27 bits per heavy atom. The summed E-state index contributed by atoms with van der Waals surface area (Å²) in [5, 5.41) is 12.7. The molecule has 0 saturated carbocycles. The molecule has 2 N–H and O–H groups in total. The first kappa shape index (κ1) is 21.2. The van der Waals surface area contributed by atoms with Crippen LogP contribution >= 0.6 is 12.2 Å². The third-order valence-electron chi connectivity index (χ3n) is 4.34. The van der Waals surface area contributed by atoms with Gasteiger partial charge in [-0.2, -0.15) is 0 Å². The lowest BCUT2D eigenvalue weighted by Crippen LogP contribution is -2.54. The quantitative estimate of drug-likeness (QED) is 0.320. The largest absolute Gasteiger partial charge is 0.504 e. The first-order chi connectivity index (χ1) is 14.3. The Morgan fingerprint density at radius 3 is 2.60 bits per heavy atom. The van der Waals surface area contributed by atoms with Crippen LogP contribution in [-0.4, -0.2) is 28.6 Å². The van der Waals surface area contributed by atoms with E-state index in [1.165, 1.54) is 36.4 Å². The number of benzene rings is 2. The molecule has 0 atom stereocenters. The van der Waals surface area contributed by atoms with Crippen molar-refractivity contribution >= 4 is 40.9 Å². The molecule has 2 aromatic carbocycles. The molecule has 1 aliphatic heterocycles. The van der Waals surface area contributed by atoms with Crippen LogP contribution in [0.3, 0.4) is 0 Å². The number of allylic oxidation sites excluding steroid dienone is 1. The van der Waals surface area contributed by atoms with Crippen molar-refractivity contribution in [3.05, 3.63) is 71.6 Å². The highest BCUT2D eigenvalue weighted by Gasteiger charge is 2.34. The van der Waals surface area contributed by atoms with Crippen molar-refractivity contribution in [1.29, 1.82) is 0 Å². The number of rotatable bonds is 6. The average molecular weight is 426 g/mol. The van der Waals surface area contributed by atoms with E-state index in [1.54, 1.807) is 19.1 Å². The molecule has 0 aromatic heterocycles. The van der Waals surface area contributed by atoms with Crippen LogP contribution in [0.1, 0.15) is 18.1 Å². The number of aromatic hydroxyl groups is 1. The zero-order valence-corrected chi connectivity index (χ0v) is 17.0. The van der Waals surface area contributed by atoms with Crippen LogP contribution in [0.25, 0.3) is 6.08 Å². The SMILES string of the molecule is C=CCc1cc(C=C2C(=O)NC(=S)N(c3ccc(F)cc3)C2=O)cc(OCC)c1O. The molecular weight excluding hydrogens is 407 g/mol. The van der Waals surface area contributed by atoms with E-state index < -0.39 is 17.6 Å². The van der Waals surface area contributed by atoms with E-state index in [9.17, 15) is 19.1 Å². The summed E-state index contributed by atoms with van der Waals surface area (Å²) in [4.78, 5) is 26.6. The van der Waals surface area contributed by atoms with Gasteiger partial charge in [0.05, 0.1) is 12.3 Å². The second-order valence-electron chi connectivity index (χ2n) is 6.39. The molecule has 30 heavy (non-hydrogen) atoms. The molecule has 154 valence electrons. The van der Waals surface area contributed by atoms with E-state index in [1.807, 2.05) is 0 Å². The van der Waals surface area contributed by atoms with Gasteiger partial charge in [0.1, 0.15) is 11.4 Å². The molecule has 1 heterocycles. The Balaban J connectivity index is 2.05. The van der Waals surface area contributed by atoms with E-state index in [2.05, 4.69) is 11.9 Å². The van der Waals surface area contributed by atoms with Crippen molar-refractivity contribution in [2.24, 2.45) is 0 Å². The van der Waals surface area contributed by atoms with Gasteiger partial charge in [0.2, 0.25) is 0 Å². The molecule has 0 aliphatic carbocycles. The van der Waals surface area contributed by atoms with Gasteiger partial charge in [-0.1, -0.05) is 6.08 Å². The van der Waals surface area contributed by atoms with Gasteiger partial charge in [0.25, 0.3) is 11.8 Å². The predicted octanol–water partition coefficient (Wildman–Crippen LogP) is 3.49. The average Bonchev–Trinajstić information content (AvgIpc) is 2.70. The molecule has 0 unspecified atom stereocenters. The van der Waals surface area contributed by atoms with Crippen LogP contribution in [0.5, 0.6) is 11.5 Å². The zero-order valence-electron chi connectivity index (χ0n) is 16.1. The first-order valence-corrected chi connectivity index (χ1v) is 9.53. The molecule has 8 heteroatoms. The normalized spacial score (nSPS) is 15.3. The first-order valence-electron chi connectivity index (χ1n) is 9.12. The summed E-state index contributed by atoms with van der Waals surface area (Å²) in [6.07, 6.45) is 3.38. The lowest BCUT2D eigenvalue weighted by Gasteiger charge is -2.29. The van der Waals surface area contributed by atoms with Gasteiger partial charge >= 0.3 is 0 Å². The minimum absolute atomic E-state index is 0.0209. The number of hydrogen-bond donors (Lipinski definition) is 2. The molecule has 0 radical (unpaired) electrons. The molecule has 1 aliphatic rings. The Morgan fingerprint density at radius 2 is 1.97 bits per heavy atom. The standard InChI is InChI=1S/C22H19FN2O4S/c1-3-5-14-10-13(12-18(19(14)26)29-4-2)11-17-20(27)24-22(30)25(21(17)28)16-8-6-15(23)7-9-16/h3,6-12,26H,1,4-5H2,2H3,(H,24,27,30). The van der Waals surface area contributed by atoms with Crippen molar-refractivity contribution in [2.45, 2.75) is 13.3 Å². The van der Waals surface area contributed by atoms with Crippen molar-refractivity contribution in [2.75, 3.05) is 11.5 Å². The van der Waals surface area contributed by atoms with Gasteiger partial charge in [0.15, 0.2) is 16.6 Å². The second kappa shape index (κ2) is 8.87. The van der Waals surface area contributed by atoms with Crippen LogP contribution in [0.4, 0.5) is 10.1 Å². The number of hydrogen-bond acceptors (Lipinski definition) is 5. The summed E-state index contributed by atoms with van der Waals surface area (Å²) >= 11 is 5.13. The summed E-state index contributed by atoms with van der Waals surface area (Å²) in [6.45, 7) is 5.77. The number of anilines is 1. The number of halogens is 1. The number of ether oxygens (including phenoxy) is 1. The highest BCUT2D eigenvalue weighted by Crippen LogP contribution is 2.33. The van der Waals surface area contributed by atoms with Crippen molar-refractivity contribution in [3.8, 4) is 11.5 Å². The molecule has 1 fully saturated rings. The lowest BCUT2D eigenvalue weighted by molar-refractivity contribution is -0.122. The van der Waals surface area contributed by atoms with Crippen LogP contribution in [0, 0.1) is 5.82 Å². The fourth-order valence-corrected chi connectivity index (χ4v) is 3.28. The van der Waals surface area contributed by atoms with E-state index in [0.29, 0.717) is 29.8 Å². The van der Waals surface area contributed by atoms with Gasteiger partial charge in [-0.25, -0.2) is 4.39 Å². The smallest absolute Gasteiger partial charge is 0.270 e. The lowest BCUT2D eigenvalue weighted by atomic mass is 10.0. The van der Waals surface area contributed by atoms with Crippen LogP contribution in [0.2, 0.25) is 0 Å². The molecule has 2 aromatic rings. The third-order valence-corrected chi connectivity index (χ3v) is 4.62. The van der Waals surface area contributed by atoms with Gasteiger partial charge in [-0.3, -0.25) is 19.8 Å². The molecule has 0 spiro atoms. The molecule has 1 saturated heterocycles. The molecule has 6 nitrogen and oxygen atoms in total. The summed E-state index contributed by atoms with van der Waals surface area (Å²) in [6, 6.07) is 8.35. The number of nitrogens with one attached hydrogen (secondary N) is 1. The fraction of sp³-hybridized carbons (Fsp3) is 0.136. The number of phenolic OH excluding ortho intramolecular Hbond substituents is 1. The minimum Gasteiger partial charge on any atom is -0.504 e. The number of nitrogens with zero attached hydrogens (tertiary/aromatic N) is 1. The molecule has 3 rings (SSSR count). The Labute approximate surface area is 178 Å². The number of amides is 2.